The molecule has 1 aliphatic rings. The minimum atomic E-state index is -4.52. The Kier molecular flexibility index (Phi) is 8.48. The number of ether oxygens (including phenoxy) is 1. The zero-order valence-electron chi connectivity index (χ0n) is 22.1. The summed E-state index contributed by atoms with van der Waals surface area (Å²) in [6, 6.07) is 17.6. The lowest BCUT2D eigenvalue weighted by atomic mass is 9.94. The SMILES string of the molecule is OC1CN(C(c2ccc(C(F)(F)F)cc2)c2ccc(C(F)(F)F)cc2)CCN1Cc1ccc(Oc2ncccn2)cc1. The maximum atomic E-state index is 13.2. The van der Waals surface area contributed by atoms with Crippen molar-refractivity contribution in [3.63, 3.8) is 0 Å². The van der Waals surface area contributed by atoms with Crippen LogP contribution in [0.3, 0.4) is 0 Å². The Morgan fingerprint density at radius 1 is 0.762 bits per heavy atom. The highest BCUT2D eigenvalue weighted by molar-refractivity contribution is 5.37. The highest BCUT2D eigenvalue weighted by Gasteiger charge is 2.35. The molecular formula is C30H26F6N4O2. The van der Waals surface area contributed by atoms with E-state index in [4.69, 9.17) is 4.74 Å². The van der Waals surface area contributed by atoms with E-state index in [2.05, 4.69) is 9.97 Å². The summed E-state index contributed by atoms with van der Waals surface area (Å²) in [6.45, 7) is 1.37. The molecule has 1 unspecified atom stereocenters. The summed E-state index contributed by atoms with van der Waals surface area (Å²) >= 11 is 0. The van der Waals surface area contributed by atoms with Crippen LogP contribution in [-0.2, 0) is 18.9 Å². The van der Waals surface area contributed by atoms with Gasteiger partial charge in [0.15, 0.2) is 0 Å². The molecule has 1 fully saturated rings. The van der Waals surface area contributed by atoms with Gasteiger partial charge in [-0.3, -0.25) is 9.80 Å². The Hall–Kier alpha value is -4.00. The Labute approximate surface area is 237 Å². The van der Waals surface area contributed by atoms with Gasteiger partial charge in [0.2, 0.25) is 0 Å². The molecule has 1 aromatic heterocycles. The Balaban J connectivity index is 1.31. The largest absolute Gasteiger partial charge is 0.424 e. The summed E-state index contributed by atoms with van der Waals surface area (Å²) in [7, 11) is 0. The number of benzene rings is 3. The number of halogens is 6. The van der Waals surface area contributed by atoms with E-state index in [1.165, 1.54) is 24.3 Å². The maximum Gasteiger partial charge on any atom is 0.416 e. The fourth-order valence-corrected chi connectivity index (χ4v) is 4.91. The summed E-state index contributed by atoms with van der Waals surface area (Å²) in [6.07, 6.45) is -6.85. The zero-order valence-corrected chi connectivity index (χ0v) is 22.1. The normalized spacial score (nSPS) is 17.0. The molecule has 1 aliphatic heterocycles. The number of hydrogen-bond acceptors (Lipinski definition) is 6. The Bertz CT molecular complexity index is 1390. The summed E-state index contributed by atoms with van der Waals surface area (Å²) in [4.78, 5) is 11.7. The van der Waals surface area contributed by atoms with Crippen molar-refractivity contribution in [1.29, 1.82) is 0 Å². The molecule has 1 N–H and O–H groups in total. The number of aromatic nitrogens is 2. The van der Waals surface area contributed by atoms with Gasteiger partial charge >= 0.3 is 18.4 Å². The number of aliphatic hydroxyl groups excluding tert-OH is 1. The fourth-order valence-electron chi connectivity index (χ4n) is 4.91. The smallest absolute Gasteiger partial charge is 0.416 e. The predicted octanol–water partition coefficient (Wildman–Crippen LogP) is 6.53. The first-order chi connectivity index (χ1) is 20.0. The fraction of sp³-hybridized carbons (Fsp3) is 0.267. The van der Waals surface area contributed by atoms with Gasteiger partial charge in [-0.1, -0.05) is 36.4 Å². The highest BCUT2D eigenvalue weighted by atomic mass is 19.4. The average Bonchev–Trinajstić information content (AvgIpc) is 2.96. The first-order valence-corrected chi connectivity index (χ1v) is 13.0. The number of piperazine rings is 1. The van der Waals surface area contributed by atoms with Gasteiger partial charge in [0.1, 0.15) is 12.0 Å². The minimum Gasteiger partial charge on any atom is -0.424 e. The van der Waals surface area contributed by atoms with Crippen molar-refractivity contribution in [1.82, 2.24) is 19.8 Å². The number of aliphatic hydroxyl groups is 1. The lowest BCUT2D eigenvalue weighted by Crippen LogP contribution is -2.53. The van der Waals surface area contributed by atoms with Crippen LogP contribution < -0.4 is 4.74 Å². The van der Waals surface area contributed by atoms with Crippen LogP contribution in [-0.4, -0.2) is 50.7 Å². The lowest BCUT2D eigenvalue weighted by molar-refractivity contribution is -0.138. The van der Waals surface area contributed by atoms with Crippen LogP contribution >= 0.6 is 0 Å². The second-order valence-corrected chi connectivity index (χ2v) is 9.87. The monoisotopic (exact) mass is 588 g/mol. The van der Waals surface area contributed by atoms with Crippen molar-refractivity contribution < 1.29 is 36.2 Å². The first-order valence-electron chi connectivity index (χ1n) is 13.0. The molecule has 5 rings (SSSR count). The highest BCUT2D eigenvalue weighted by Crippen LogP contribution is 2.36. The van der Waals surface area contributed by atoms with Gasteiger partial charge in [0.25, 0.3) is 0 Å². The van der Waals surface area contributed by atoms with Gasteiger partial charge in [-0.15, -0.1) is 0 Å². The van der Waals surface area contributed by atoms with Crippen LogP contribution in [0.1, 0.15) is 33.9 Å². The van der Waals surface area contributed by atoms with Crippen LogP contribution in [0.2, 0.25) is 0 Å². The molecule has 0 saturated carbocycles. The van der Waals surface area contributed by atoms with E-state index in [0.29, 0.717) is 36.5 Å². The summed E-state index contributed by atoms with van der Waals surface area (Å²) in [5, 5.41) is 11.0. The molecule has 3 aromatic carbocycles. The molecule has 6 nitrogen and oxygen atoms in total. The lowest BCUT2D eigenvalue weighted by Gasteiger charge is -2.42. The molecule has 0 spiro atoms. The van der Waals surface area contributed by atoms with E-state index in [9.17, 15) is 31.4 Å². The van der Waals surface area contributed by atoms with E-state index in [1.807, 2.05) is 21.9 Å². The van der Waals surface area contributed by atoms with Crippen molar-refractivity contribution in [2.45, 2.75) is 31.2 Å². The molecule has 4 aromatic rings. The molecule has 1 saturated heterocycles. The molecule has 220 valence electrons. The van der Waals surface area contributed by atoms with Gasteiger partial charge in [-0.05, 0) is 59.2 Å². The molecular weight excluding hydrogens is 562 g/mol. The molecule has 2 heterocycles. The third-order valence-electron chi connectivity index (χ3n) is 7.03. The average molecular weight is 589 g/mol. The van der Waals surface area contributed by atoms with Gasteiger partial charge in [-0.2, -0.15) is 26.3 Å². The topological polar surface area (TPSA) is 61.7 Å². The second-order valence-electron chi connectivity index (χ2n) is 9.87. The Morgan fingerprint density at radius 3 is 1.76 bits per heavy atom. The van der Waals surface area contributed by atoms with Gasteiger partial charge in [0, 0.05) is 38.6 Å². The van der Waals surface area contributed by atoms with E-state index in [-0.39, 0.29) is 12.6 Å². The third-order valence-corrected chi connectivity index (χ3v) is 7.03. The maximum absolute atomic E-state index is 13.2. The molecule has 1 atom stereocenters. The Morgan fingerprint density at radius 2 is 1.29 bits per heavy atom. The standard InChI is InChI=1S/C30H26F6N4O2/c31-29(32,33)23-8-4-21(5-9-23)27(22-6-10-24(11-7-22)30(34,35)36)40-17-16-39(26(41)19-40)18-20-2-12-25(13-3-20)42-28-37-14-1-15-38-28/h1-15,26-27,41H,16-19H2. The number of nitrogens with zero attached hydrogens (tertiary/aromatic N) is 4. The molecule has 0 amide bonds. The van der Waals surface area contributed by atoms with Gasteiger partial charge < -0.3 is 9.84 Å². The number of alkyl halides is 6. The molecule has 12 heteroatoms. The summed E-state index contributed by atoms with van der Waals surface area (Å²) in [5.41, 5.74) is 0.207. The van der Waals surface area contributed by atoms with E-state index in [0.717, 1.165) is 29.8 Å². The van der Waals surface area contributed by atoms with Crippen molar-refractivity contribution >= 4 is 0 Å². The van der Waals surface area contributed by atoms with Crippen LogP contribution in [0, 0.1) is 0 Å². The van der Waals surface area contributed by atoms with Crippen molar-refractivity contribution in [3.8, 4) is 11.8 Å². The van der Waals surface area contributed by atoms with Crippen LogP contribution in [0.15, 0.2) is 91.3 Å². The minimum absolute atomic E-state index is 0.124. The van der Waals surface area contributed by atoms with Crippen molar-refractivity contribution in [2.75, 3.05) is 19.6 Å². The number of β-amino-alcohol motifs (C(OH)–C–C–N with tert-alkyl or cyclic N) is 1. The van der Waals surface area contributed by atoms with Gasteiger partial charge in [0.05, 0.1) is 17.2 Å². The van der Waals surface area contributed by atoms with Crippen LogP contribution in [0.4, 0.5) is 26.3 Å². The van der Waals surface area contributed by atoms with E-state index in [1.54, 1.807) is 30.6 Å². The molecule has 42 heavy (non-hydrogen) atoms. The molecule has 0 aliphatic carbocycles. The zero-order chi connectivity index (χ0) is 29.9. The predicted molar refractivity (Wildman–Crippen MR) is 141 cm³/mol. The summed E-state index contributed by atoms with van der Waals surface area (Å²) < 4.78 is 84.7. The molecule has 0 radical (unpaired) electrons. The molecule has 0 bridgehead atoms. The van der Waals surface area contributed by atoms with E-state index < -0.39 is 35.7 Å². The number of rotatable bonds is 7. The van der Waals surface area contributed by atoms with Crippen LogP contribution in [0.5, 0.6) is 11.8 Å². The quantitative estimate of drug-likeness (QED) is 0.248. The van der Waals surface area contributed by atoms with Crippen molar-refractivity contribution in [3.05, 3.63) is 119 Å². The van der Waals surface area contributed by atoms with Crippen LogP contribution in [0.25, 0.3) is 0 Å². The second kappa shape index (κ2) is 12.1. The van der Waals surface area contributed by atoms with E-state index >= 15 is 0 Å². The third kappa shape index (κ3) is 7.07. The summed E-state index contributed by atoms with van der Waals surface area (Å²) in [5.74, 6) is 0.547. The van der Waals surface area contributed by atoms with Crippen molar-refractivity contribution in [2.24, 2.45) is 0 Å². The first kappa shape index (κ1) is 29.5. The van der Waals surface area contributed by atoms with Gasteiger partial charge in [-0.25, -0.2) is 9.97 Å². The number of hydrogen-bond donors (Lipinski definition) is 1.